The number of methoxy groups -OCH3 is 1. The number of amides is 1. The molecule has 0 unspecified atom stereocenters. The number of nitrogens with zero attached hydrogens (tertiary/aromatic N) is 5. The number of hydrogen-bond acceptors (Lipinski definition) is 9. The number of benzene rings is 4. The molecule has 1 amide bonds. The van der Waals surface area contributed by atoms with E-state index in [1.54, 1.807) is 24.3 Å². The van der Waals surface area contributed by atoms with Crippen LogP contribution >= 0.6 is 11.6 Å². The Morgan fingerprint density at radius 2 is 1.63 bits per heavy atom. The zero-order valence-corrected chi connectivity index (χ0v) is 33.8. The topological polar surface area (TPSA) is 183 Å². The Morgan fingerprint density at radius 1 is 0.982 bits per heavy atom. The normalized spacial score (nSPS) is 12.9. The summed E-state index contributed by atoms with van der Waals surface area (Å²) in [7, 11) is -4.73. The van der Waals surface area contributed by atoms with Gasteiger partial charge in [0, 0.05) is 25.8 Å². The SMILES string of the molecule is COc1ccc(CN(c2nn(C)c3c(-n4c([C@H](Cc5cc(F)cc(F)c5)NC(=O)O)nc5cc(C(C)(C)S(C)(=O)=O)ccc5c4=O)ccc(Cl)c23)S(C)(=O)=O)cc1. The summed E-state index contributed by atoms with van der Waals surface area (Å²) >= 11 is 6.81. The van der Waals surface area contributed by atoms with Crippen molar-refractivity contribution in [2.45, 2.75) is 37.6 Å². The molecule has 2 N–H and O–H groups in total. The van der Waals surface area contributed by atoms with E-state index in [1.807, 2.05) is 0 Å². The Morgan fingerprint density at radius 3 is 2.21 bits per heavy atom. The summed E-state index contributed by atoms with van der Waals surface area (Å²) in [5, 5.41) is 17.1. The molecule has 14 nitrogen and oxygen atoms in total. The molecule has 0 fully saturated rings. The number of nitrogens with one attached hydrogen (secondary N) is 1. The number of sulfonamides is 1. The number of sulfone groups is 1. The van der Waals surface area contributed by atoms with Gasteiger partial charge in [0.25, 0.3) is 5.56 Å². The molecule has 0 spiro atoms. The van der Waals surface area contributed by atoms with Crippen LogP contribution in [0.5, 0.6) is 5.75 Å². The van der Waals surface area contributed by atoms with Gasteiger partial charge in [0.05, 0.1) is 63.2 Å². The van der Waals surface area contributed by atoms with Crippen LogP contribution in [-0.2, 0) is 44.6 Å². The van der Waals surface area contributed by atoms with Crippen LogP contribution in [0.3, 0.4) is 0 Å². The van der Waals surface area contributed by atoms with Crippen molar-refractivity contribution in [2.24, 2.45) is 7.05 Å². The van der Waals surface area contributed by atoms with Gasteiger partial charge in [-0.15, -0.1) is 0 Å². The molecular weight excluding hydrogens is 806 g/mol. The number of hydrogen-bond donors (Lipinski definition) is 2. The summed E-state index contributed by atoms with van der Waals surface area (Å²) in [6.45, 7) is 2.80. The predicted molar refractivity (Wildman–Crippen MR) is 212 cm³/mol. The highest BCUT2D eigenvalue weighted by Gasteiger charge is 2.34. The van der Waals surface area contributed by atoms with Crippen LogP contribution in [0.1, 0.15) is 42.4 Å². The van der Waals surface area contributed by atoms with E-state index in [9.17, 15) is 40.3 Å². The summed E-state index contributed by atoms with van der Waals surface area (Å²) < 4.78 is 88.5. The third-order valence-corrected chi connectivity index (χ3v) is 13.3. The van der Waals surface area contributed by atoms with Gasteiger partial charge in [-0.1, -0.05) is 29.8 Å². The third kappa shape index (κ3) is 8.01. The minimum Gasteiger partial charge on any atom is -0.497 e. The van der Waals surface area contributed by atoms with Crippen molar-refractivity contribution in [3.63, 3.8) is 0 Å². The third-order valence-electron chi connectivity index (χ3n) is 9.75. The van der Waals surface area contributed by atoms with Crippen LogP contribution in [0.25, 0.3) is 27.5 Å². The number of halogens is 3. The van der Waals surface area contributed by atoms with E-state index in [1.165, 1.54) is 63.0 Å². The molecule has 19 heteroatoms. The van der Waals surface area contributed by atoms with Crippen LogP contribution in [-0.4, -0.2) is 67.0 Å². The number of aromatic nitrogens is 4. The van der Waals surface area contributed by atoms with Crippen LogP contribution < -0.4 is 19.9 Å². The first-order chi connectivity index (χ1) is 26.6. The minimum atomic E-state index is -4.04. The summed E-state index contributed by atoms with van der Waals surface area (Å²) in [6.07, 6.45) is 0.108. The number of anilines is 1. The molecule has 6 aromatic rings. The fourth-order valence-electron chi connectivity index (χ4n) is 6.52. The highest BCUT2D eigenvalue weighted by Crippen LogP contribution is 2.39. The van der Waals surface area contributed by atoms with E-state index in [4.69, 9.17) is 21.3 Å². The zero-order valence-electron chi connectivity index (χ0n) is 31.4. The maximum Gasteiger partial charge on any atom is 0.405 e. The van der Waals surface area contributed by atoms with Gasteiger partial charge in [0.2, 0.25) is 10.0 Å². The monoisotopic (exact) mass is 842 g/mol. The average Bonchev–Trinajstić information content (AvgIpc) is 3.46. The lowest BCUT2D eigenvalue weighted by Crippen LogP contribution is -2.35. The minimum absolute atomic E-state index is 0.000404. The largest absolute Gasteiger partial charge is 0.497 e. The Labute approximate surface area is 331 Å². The molecule has 1 atom stereocenters. The highest BCUT2D eigenvalue weighted by molar-refractivity contribution is 7.92. The van der Waals surface area contributed by atoms with Crippen molar-refractivity contribution in [3.05, 3.63) is 122 Å². The first-order valence-electron chi connectivity index (χ1n) is 17.1. The molecular formula is C38H37ClF2N6O8S2. The highest BCUT2D eigenvalue weighted by atomic mass is 35.5. The van der Waals surface area contributed by atoms with E-state index in [0.29, 0.717) is 17.4 Å². The van der Waals surface area contributed by atoms with Gasteiger partial charge in [0.15, 0.2) is 15.7 Å². The summed E-state index contributed by atoms with van der Waals surface area (Å²) in [6, 6.07) is 15.1. The lowest BCUT2D eigenvalue weighted by molar-refractivity contribution is 0.189. The van der Waals surface area contributed by atoms with Crippen LogP contribution in [0, 0.1) is 11.6 Å². The van der Waals surface area contributed by atoms with Gasteiger partial charge < -0.3 is 15.2 Å². The fourth-order valence-corrected chi connectivity index (χ4v) is 8.14. The lowest BCUT2D eigenvalue weighted by Gasteiger charge is -2.25. The van der Waals surface area contributed by atoms with Crippen molar-refractivity contribution < 1.29 is 40.3 Å². The molecule has 0 aliphatic rings. The molecule has 0 aliphatic carbocycles. The molecule has 6 rings (SSSR count). The van der Waals surface area contributed by atoms with Gasteiger partial charge in [-0.3, -0.25) is 14.0 Å². The molecule has 2 heterocycles. The van der Waals surface area contributed by atoms with Gasteiger partial charge in [-0.25, -0.2) is 39.7 Å². The number of carboxylic acid groups (broad SMARTS) is 1. The Bertz CT molecular complexity index is 2850. The van der Waals surface area contributed by atoms with Crippen LogP contribution in [0.15, 0.2) is 77.6 Å². The number of aryl methyl sites for hydroxylation is 1. The number of fused-ring (bicyclic) bond motifs is 2. The predicted octanol–water partition coefficient (Wildman–Crippen LogP) is 6.01. The Kier molecular flexibility index (Phi) is 10.8. The Balaban J connectivity index is 1.67. The Hall–Kier alpha value is -5.59. The first kappa shape index (κ1) is 41.1. The van der Waals surface area contributed by atoms with Crippen molar-refractivity contribution in [2.75, 3.05) is 23.9 Å². The van der Waals surface area contributed by atoms with Gasteiger partial charge in [0.1, 0.15) is 23.2 Å². The number of carbonyl (C=O) groups is 1. The molecule has 0 radical (unpaired) electrons. The van der Waals surface area contributed by atoms with Crippen molar-refractivity contribution in [3.8, 4) is 11.4 Å². The van der Waals surface area contributed by atoms with E-state index < -0.39 is 60.4 Å². The molecule has 0 saturated heterocycles. The maximum absolute atomic E-state index is 14.8. The van der Waals surface area contributed by atoms with Crippen molar-refractivity contribution >= 4 is 65.2 Å². The quantitative estimate of drug-likeness (QED) is 0.148. The first-order valence-corrected chi connectivity index (χ1v) is 21.2. The number of ether oxygens (including phenoxy) is 1. The van der Waals surface area contributed by atoms with Gasteiger partial charge in [-0.2, -0.15) is 5.10 Å². The molecule has 0 saturated carbocycles. The van der Waals surface area contributed by atoms with Crippen LogP contribution in [0.2, 0.25) is 5.02 Å². The second-order valence-electron chi connectivity index (χ2n) is 14.0. The standard InChI is InChI=1S/C38H37ClF2N6O8S2/c1-38(2,56(5,51)52)23-9-12-27-29(18-23)42-34(30(43-37(49)50)17-22-15-24(40)19-25(41)16-22)47(36(27)48)31-14-13-28(39)32-33(31)45(3)44-35(32)46(57(6,53)54)20-21-7-10-26(55-4)11-8-21/h7-16,18-19,30,43H,17,20H2,1-6H3,(H,49,50)/t30-/m0/s1. The lowest BCUT2D eigenvalue weighted by atomic mass is 10.00. The smallest absolute Gasteiger partial charge is 0.405 e. The second-order valence-corrected chi connectivity index (χ2v) is 18.8. The van der Waals surface area contributed by atoms with E-state index in [0.717, 1.165) is 33.5 Å². The van der Waals surface area contributed by atoms with E-state index in [-0.39, 0.29) is 61.8 Å². The van der Waals surface area contributed by atoms with Crippen molar-refractivity contribution in [1.82, 2.24) is 24.6 Å². The summed E-state index contributed by atoms with van der Waals surface area (Å²) in [5.74, 6) is -1.63. The maximum atomic E-state index is 14.8. The molecule has 300 valence electrons. The molecule has 0 bridgehead atoms. The van der Waals surface area contributed by atoms with Crippen LogP contribution in [0.4, 0.5) is 19.4 Å². The molecule has 0 aliphatic heterocycles. The van der Waals surface area contributed by atoms with E-state index >= 15 is 0 Å². The summed E-state index contributed by atoms with van der Waals surface area (Å²) in [4.78, 5) is 31.9. The zero-order chi connectivity index (χ0) is 41.8. The molecule has 57 heavy (non-hydrogen) atoms. The molecule has 4 aromatic carbocycles. The fraction of sp³-hybridized carbons (Fsp3) is 0.263. The van der Waals surface area contributed by atoms with Gasteiger partial charge in [-0.05, 0) is 79.1 Å². The summed E-state index contributed by atoms with van der Waals surface area (Å²) in [5.41, 5.74) is 0.334. The van der Waals surface area contributed by atoms with Gasteiger partial charge >= 0.3 is 6.09 Å². The van der Waals surface area contributed by atoms with Crippen molar-refractivity contribution in [1.29, 1.82) is 0 Å². The second kappa shape index (κ2) is 15.1. The number of rotatable bonds is 12. The van der Waals surface area contributed by atoms with E-state index in [2.05, 4.69) is 10.4 Å². The molecule has 2 aromatic heterocycles. The average molecular weight is 843 g/mol.